The Labute approximate surface area is 107 Å². The highest BCUT2D eigenvalue weighted by Crippen LogP contribution is 2.11. The summed E-state index contributed by atoms with van der Waals surface area (Å²) in [6.45, 7) is 4.18. The minimum absolute atomic E-state index is 0.0168. The number of carbonyl (C=O) groups excluding carboxylic acids is 1. The average molecular weight is 255 g/mol. The second kappa shape index (κ2) is 7.45. The number of hydrogen-bond donors (Lipinski definition) is 2. The van der Waals surface area contributed by atoms with E-state index in [-0.39, 0.29) is 18.6 Å². The summed E-state index contributed by atoms with van der Waals surface area (Å²) in [6.07, 6.45) is 2.10. The molecule has 1 heterocycles. The number of nitrogens with one attached hydrogen (secondary N) is 1. The molecule has 0 aliphatic carbocycles. The molecule has 1 aromatic rings. The zero-order valence-electron chi connectivity index (χ0n) is 10.5. The Morgan fingerprint density at radius 2 is 2.29 bits per heavy atom. The molecule has 1 atom stereocenters. The highest BCUT2D eigenvalue weighted by molar-refractivity contribution is 7.09. The standard InChI is InChI=1S/C13H21NO2S/c1-10(2)8-11(9-15)14-13(16)6-5-12-4-3-7-17-12/h3-4,7,10-11,15H,5-6,8-9H2,1-2H3,(H,14,16). The number of aliphatic hydroxyl groups is 1. The summed E-state index contributed by atoms with van der Waals surface area (Å²) in [4.78, 5) is 12.9. The molecule has 0 spiro atoms. The van der Waals surface area contributed by atoms with Crippen LogP contribution in [0.3, 0.4) is 0 Å². The number of hydrogen-bond acceptors (Lipinski definition) is 3. The van der Waals surface area contributed by atoms with Crippen LogP contribution in [0.25, 0.3) is 0 Å². The highest BCUT2D eigenvalue weighted by atomic mass is 32.1. The molecule has 96 valence electrons. The lowest BCUT2D eigenvalue weighted by Crippen LogP contribution is -2.38. The highest BCUT2D eigenvalue weighted by Gasteiger charge is 2.12. The van der Waals surface area contributed by atoms with Gasteiger partial charge in [0.2, 0.25) is 5.91 Å². The predicted molar refractivity (Wildman–Crippen MR) is 71.1 cm³/mol. The third-order valence-corrected chi connectivity index (χ3v) is 3.46. The molecule has 0 saturated carbocycles. The lowest BCUT2D eigenvalue weighted by Gasteiger charge is -2.18. The number of carbonyl (C=O) groups is 1. The van der Waals surface area contributed by atoms with Crippen LogP contribution in [0.5, 0.6) is 0 Å². The molecule has 1 unspecified atom stereocenters. The second-order valence-corrected chi connectivity index (χ2v) is 5.69. The first-order valence-corrected chi connectivity index (χ1v) is 6.92. The van der Waals surface area contributed by atoms with Gasteiger partial charge in [0, 0.05) is 11.3 Å². The van der Waals surface area contributed by atoms with Crippen LogP contribution in [0.15, 0.2) is 17.5 Å². The van der Waals surface area contributed by atoms with Crippen molar-refractivity contribution < 1.29 is 9.90 Å². The van der Waals surface area contributed by atoms with Gasteiger partial charge < -0.3 is 10.4 Å². The Bertz CT molecular complexity index is 322. The molecular formula is C13H21NO2S. The van der Waals surface area contributed by atoms with Crippen LogP contribution in [0.2, 0.25) is 0 Å². The molecule has 0 aromatic carbocycles. The van der Waals surface area contributed by atoms with Crippen molar-refractivity contribution in [3.8, 4) is 0 Å². The zero-order valence-corrected chi connectivity index (χ0v) is 11.3. The van der Waals surface area contributed by atoms with Gasteiger partial charge in [0.15, 0.2) is 0 Å². The van der Waals surface area contributed by atoms with Gasteiger partial charge in [-0.3, -0.25) is 4.79 Å². The summed E-state index contributed by atoms with van der Waals surface area (Å²) in [6, 6.07) is 3.92. The lowest BCUT2D eigenvalue weighted by molar-refractivity contribution is -0.122. The van der Waals surface area contributed by atoms with E-state index in [1.165, 1.54) is 4.88 Å². The maximum Gasteiger partial charge on any atom is 0.220 e. The normalized spacial score (nSPS) is 12.7. The minimum atomic E-state index is -0.106. The van der Waals surface area contributed by atoms with Crippen LogP contribution in [0.4, 0.5) is 0 Å². The van der Waals surface area contributed by atoms with Crippen molar-refractivity contribution in [3.63, 3.8) is 0 Å². The average Bonchev–Trinajstić information content (AvgIpc) is 2.77. The minimum Gasteiger partial charge on any atom is -0.394 e. The van der Waals surface area contributed by atoms with E-state index in [0.717, 1.165) is 12.8 Å². The summed E-state index contributed by atoms with van der Waals surface area (Å²) in [5.74, 6) is 0.503. The zero-order chi connectivity index (χ0) is 12.7. The second-order valence-electron chi connectivity index (χ2n) is 4.66. The molecule has 0 radical (unpaired) electrons. The molecule has 1 aromatic heterocycles. The predicted octanol–water partition coefficient (Wildman–Crippen LogP) is 2.20. The van der Waals surface area contributed by atoms with Crippen molar-refractivity contribution in [2.75, 3.05) is 6.61 Å². The van der Waals surface area contributed by atoms with Crippen molar-refractivity contribution in [1.82, 2.24) is 5.32 Å². The van der Waals surface area contributed by atoms with Gasteiger partial charge in [-0.2, -0.15) is 0 Å². The Balaban J connectivity index is 2.27. The molecule has 1 amide bonds. The quantitative estimate of drug-likeness (QED) is 0.785. The van der Waals surface area contributed by atoms with Gasteiger partial charge in [-0.05, 0) is 30.2 Å². The van der Waals surface area contributed by atoms with Gasteiger partial charge >= 0.3 is 0 Å². The Kier molecular flexibility index (Phi) is 6.22. The molecule has 0 aliphatic rings. The van der Waals surface area contributed by atoms with Gasteiger partial charge in [0.05, 0.1) is 12.6 Å². The lowest BCUT2D eigenvalue weighted by atomic mass is 10.0. The molecule has 0 saturated heterocycles. The molecular weight excluding hydrogens is 234 g/mol. The van der Waals surface area contributed by atoms with Crippen LogP contribution in [0.1, 0.15) is 31.6 Å². The van der Waals surface area contributed by atoms with Crippen LogP contribution >= 0.6 is 11.3 Å². The van der Waals surface area contributed by atoms with Crippen molar-refractivity contribution in [2.24, 2.45) is 5.92 Å². The van der Waals surface area contributed by atoms with Crippen LogP contribution in [-0.2, 0) is 11.2 Å². The molecule has 2 N–H and O–H groups in total. The first-order valence-electron chi connectivity index (χ1n) is 6.04. The molecule has 3 nitrogen and oxygen atoms in total. The smallest absolute Gasteiger partial charge is 0.220 e. The number of thiophene rings is 1. The summed E-state index contributed by atoms with van der Waals surface area (Å²) < 4.78 is 0. The molecule has 0 aliphatic heterocycles. The molecule has 0 fully saturated rings. The third-order valence-electron chi connectivity index (χ3n) is 2.52. The Hall–Kier alpha value is -0.870. The third kappa shape index (κ3) is 5.84. The Morgan fingerprint density at radius 3 is 2.82 bits per heavy atom. The van der Waals surface area contributed by atoms with E-state index in [0.29, 0.717) is 12.3 Å². The molecule has 4 heteroatoms. The van der Waals surface area contributed by atoms with Crippen LogP contribution in [0, 0.1) is 5.92 Å². The summed E-state index contributed by atoms with van der Waals surface area (Å²) in [5.41, 5.74) is 0. The number of aryl methyl sites for hydroxylation is 1. The van der Waals surface area contributed by atoms with Crippen molar-refractivity contribution >= 4 is 17.2 Å². The summed E-state index contributed by atoms with van der Waals surface area (Å²) >= 11 is 1.67. The molecule has 1 rings (SSSR count). The Morgan fingerprint density at radius 1 is 1.53 bits per heavy atom. The van der Waals surface area contributed by atoms with E-state index in [1.54, 1.807) is 11.3 Å². The van der Waals surface area contributed by atoms with Crippen molar-refractivity contribution in [2.45, 2.75) is 39.2 Å². The largest absolute Gasteiger partial charge is 0.394 e. The van der Waals surface area contributed by atoms with Gasteiger partial charge in [-0.15, -0.1) is 11.3 Å². The molecule has 0 bridgehead atoms. The topological polar surface area (TPSA) is 49.3 Å². The maximum atomic E-state index is 11.7. The first-order chi connectivity index (χ1) is 8.11. The number of amides is 1. The van der Waals surface area contributed by atoms with Crippen LogP contribution < -0.4 is 5.32 Å². The van der Waals surface area contributed by atoms with Crippen molar-refractivity contribution in [1.29, 1.82) is 0 Å². The van der Waals surface area contributed by atoms with Crippen molar-refractivity contribution in [3.05, 3.63) is 22.4 Å². The van der Waals surface area contributed by atoms with E-state index < -0.39 is 0 Å². The van der Waals surface area contributed by atoms with Gasteiger partial charge in [0.1, 0.15) is 0 Å². The first kappa shape index (κ1) is 14.2. The SMILES string of the molecule is CC(C)CC(CO)NC(=O)CCc1cccs1. The van der Waals surface area contributed by atoms with E-state index >= 15 is 0 Å². The monoisotopic (exact) mass is 255 g/mol. The van der Waals surface area contributed by atoms with Gasteiger partial charge in [-0.25, -0.2) is 0 Å². The van der Waals surface area contributed by atoms with E-state index in [2.05, 4.69) is 19.2 Å². The number of aliphatic hydroxyl groups excluding tert-OH is 1. The summed E-state index contributed by atoms with van der Waals surface area (Å²) in [7, 11) is 0. The fourth-order valence-electron chi connectivity index (χ4n) is 1.74. The molecule has 17 heavy (non-hydrogen) atoms. The van der Waals surface area contributed by atoms with Crippen LogP contribution in [-0.4, -0.2) is 23.7 Å². The fourth-order valence-corrected chi connectivity index (χ4v) is 2.45. The van der Waals surface area contributed by atoms with E-state index in [1.807, 2.05) is 17.5 Å². The van der Waals surface area contributed by atoms with E-state index in [4.69, 9.17) is 5.11 Å². The van der Waals surface area contributed by atoms with Gasteiger partial charge in [-0.1, -0.05) is 19.9 Å². The summed E-state index contributed by atoms with van der Waals surface area (Å²) in [5, 5.41) is 14.1. The van der Waals surface area contributed by atoms with Gasteiger partial charge in [0.25, 0.3) is 0 Å². The maximum absolute atomic E-state index is 11.7. The van der Waals surface area contributed by atoms with E-state index in [9.17, 15) is 4.79 Å². The number of rotatable bonds is 7. The fraction of sp³-hybridized carbons (Fsp3) is 0.615.